The van der Waals surface area contributed by atoms with E-state index in [2.05, 4.69) is 9.72 Å². The molecule has 0 aliphatic carbocycles. The number of anilines is 3. The van der Waals surface area contributed by atoms with Gasteiger partial charge in [-0.3, -0.25) is 4.55 Å². The Balaban J connectivity index is 2.21. The minimum Gasteiger partial charge on any atom is -0.465 e. The molecule has 2 aromatic carbocycles. The summed E-state index contributed by atoms with van der Waals surface area (Å²) in [7, 11) is -4.06. The Morgan fingerprint density at radius 3 is 2.56 bits per heavy atom. The van der Waals surface area contributed by atoms with Gasteiger partial charge in [0.05, 0.1) is 29.7 Å². The van der Waals surface area contributed by atoms with Crippen molar-refractivity contribution in [2.45, 2.75) is 0 Å². The van der Waals surface area contributed by atoms with Crippen LogP contribution in [0.15, 0.2) is 36.5 Å². The van der Waals surface area contributed by atoms with Crippen molar-refractivity contribution in [3.8, 4) is 0 Å². The smallest absolute Gasteiger partial charge is 0.364 e. The van der Waals surface area contributed by atoms with Crippen molar-refractivity contribution in [2.75, 3.05) is 17.1 Å². The predicted octanol–water partition coefficient (Wildman–Crippen LogP) is 2.76. The molecule has 0 aliphatic heterocycles. The summed E-state index contributed by atoms with van der Waals surface area (Å²) < 4.78 is 66.6. The minimum absolute atomic E-state index is 0.184. The largest absolute Gasteiger partial charge is 0.465 e. The number of nitrogens with one attached hydrogen (secondary N) is 1. The number of nitrogen functional groups attached to an aromatic ring is 1. The monoisotopic (exact) mass is 397 g/mol. The van der Waals surface area contributed by atoms with Gasteiger partial charge in [0, 0.05) is 23.2 Å². The van der Waals surface area contributed by atoms with Crippen molar-refractivity contribution in [2.24, 2.45) is 0 Å². The molecule has 0 saturated heterocycles. The maximum atomic E-state index is 14.5. The van der Waals surface area contributed by atoms with Crippen LogP contribution in [0.3, 0.4) is 0 Å². The first-order valence-electron chi connectivity index (χ1n) is 7.35. The third kappa shape index (κ3) is 3.29. The number of fused-ring (bicyclic) bond motifs is 1. The molecule has 0 bridgehead atoms. The molecule has 0 radical (unpaired) electrons. The van der Waals surface area contributed by atoms with E-state index in [4.69, 9.17) is 5.73 Å². The average Bonchev–Trinajstić information content (AvgIpc) is 2.96. The van der Waals surface area contributed by atoms with E-state index >= 15 is 0 Å². The second kappa shape index (κ2) is 6.52. The third-order valence-corrected chi connectivity index (χ3v) is 4.69. The van der Waals surface area contributed by atoms with Gasteiger partial charge in [-0.2, -0.15) is 8.42 Å². The van der Waals surface area contributed by atoms with Gasteiger partial charge in [-0.15, -0.1) is 0 Å². The number of rotatable bonds is 4. The number of halogens is 2. The second-order valence-electron chi connectivity index (χ2n) is 5.49. The van der Waals surface area contributed by atoms with Gasteiger partial charge in [0.2, 0.25) is 0 Å². The Hall–Kier alpha value is -3.18. The normalized spacial score (nSPS) is 11.6. The van der Waals surface area contributed by atoms with Crippen LogP contribution in [-0.4, -0.2) is 31.0 Å². The minimum atomic E-state index is -5.05. The fourth-order valence-corrected chi connectivity index (χ4v) is 3.39. The molecule has 0 atom stereocenters. The number of hydrogen-bond acceptors (Lipinski definition) is 5. The molecule has 1 aromatic heterocycles. The quantitative estimate of drug-likeness (QED) is 0.459. The summed E-state index contributed by atoms with van der Waals surface area (Å²) in [5, 5.41) is 0.571. The Labute approximate surface area is 152 Å². The predicted molar refractivity (Wildman–Crippen MR) is 94.1 cm³/mol. The summed E-state index contributed by atoms with van der Waals surface area (Å²) in [6, 6.07) is 4.95. The zero-order chi connectivity index (χ0) is 19.9. The van der Waals surface area contributed by atoms with Crippen molar-refractivity contribution in [3.05, 3.63) is 53.7 Å². The molecular formula is C16H13F2N3O5S. The number of carbonyl (C=O) groups excluding carboxylic acids is 1. The molecule has 0 amide bonds. The topological polar surface area (TPSA) is 126 Å². The summed E-state index contributed by atoms with van der Waals surface area (Å²) >= 11 is 0. The van der Waals surface area contributed by atoms with Crippen molar-refractivity contribution >= 4 is 44.2 Å². The van der Waals surface area contributed by atoms with Gasteiger partial charge >= 0.3 is 16.3 Å². The standard InChI is InChI=1S/C16H13F2N3O5S/c1-26-16(22)10-5-12(18)15(6-11(10)17)21(27(23,24)25)8-2-3-9-13(19)7-20-14(9)4-8/h2-7,20H,19H2,1H3,(H,23,24,25). The number of esters is 1. The maximum Gasteiger partial charge on any atom is 0.364 e. The van der Waals surface area contributed by atoms with Crippen LogP contribution < -0.4 is 10.0 Å². The number of aromatic nitrogens is 1. The zero-order valence-corrected chi connectivity index (χ0v) is 14.5. The number of nitrogens with zero attached hydrogens (tertiary/aromatic N) is 1. The van der Waals surface area contributed by atoms with E-state index in [1.807, 2.05) is 0 Å². The zero-order valence-electron chi connectivity index (χ0n) is 13.7. The molecule has 3 aromatic rings. The first-order valence-corrected chi connectivity index (χ1v) is 8.75. The maximum absolute atomic E-state index is 14.5. The number of methoxy groups -OCH3 is 1. The highest BCUT2D eigenvalue weighted by Gasteiger charge is 2.28. The van der Waals surface area contributed by atoms with Gasteiger partial charge in [-0.25, -0.2) is 17.9 Å². The van der Waals surface area contributed by atoms with E-state index < -0.39 is 39.2 Å². The molecule has 27 heavy (non-hydrogen) atoms. The van der Waals surface area contributed by atoms with Crippen molar-refractivity contribution < 1.29 is 31.3 Å². The molecule has 8 nitrogen and oxygen atoms in total. The van der Waals surface area contributed by atoms with Gasteiger partial charge in [0.25, 0.3) is 0 Å². The molecule has 0 saturated carbocycles. The molecule has 0 aliphatic rings. The van der Waals surface area contributed by atoms with E-state index in [0.29, 0.717) is 28.7 Å². The molecule has 0 fully saturated rings. The van der Waals surface area contributed by atoms with Crippen LogP contribution in [0.5, 0.6) is 0 Å². The fraction of sp³-hybridized carbons (Fsp3) is 0.0625. The van der Waals surface area contributed by atoms with Gasteiger partial charge in [-0.05, 0) is 24.3 Å². The first kappa shape index (κ1) is 18.6. The average molecular weight is 397 g/mol. The van der Waals surface area contributed by atoms with Crippen LogP contribution in [0.1, 0.15) is 10.4 Å². The molecule has 4 N–H and O–H groups in total. The van der Waals surface area contributed by atoms with Crippen LogP contribution in [0, 0.1) is 11.6 Å². The third-order valence-electron chi connectivity index (χ3n) is 3.82. The SMILES string of the molecule is COC(=O)c1cc(F)c(N(c2ccc3c(N)c[nH]c3c2)S(=O)(=O)O)cc1F. The second-order valence-corrected chi connectivity index (χ2v) is 6.75. The molecule has 11 heteroatoms. The number of hydrogen-bond donors (Lipinski definition) is 3. The van der Waals surface area contributed by atoms with Crippen molar-refractivity contribution in [1.29, 1.82) is 0 Å². The fourth-order valence-electron chi connectivity index (χ4n) is 2.62. The Morgan fingerprint density at radius 2 is 1.93 bits per heavy atom. The number of ether oxygens (including phenoxy) is 1. The Morgan fingerprint density at radius 1 is 1.22 bits per heavy atom. The molecule has 142 valence electrons. The van der Waals surface area contributed by atoms with Crippen molar-refractivity contribution in [1.82, 2.24) is 4.98 Å². The molecule has 1 heterocycles. The summed E-state index contributed by atoms with van der Waals surface area (Å²) in [6.07, 6.45) is 1.47. The van der Waals surface area contributed by atoms with E-state index in [1.54, 1.807) is 0 Å². The number of benzene rings is 2. The highest BCUT2D eigenvalue weighted by atomic mass is 32.2. The Kier molecular flexibility index (Phi) is 4.49. The molecule has 3 rings (SSSR count). The highest BCUT2D eigenvalue weighted by molar-refractivity contribution is 7.87. The van der Waals surface area contributed by atoms with E-state index in [1.165, 1.54) is 24.4 Å². The Bertz CT molecular complexity index is 1160. The van der Waals surface area contributed by atoms with Crippen LogP contribution in [0.2, 0.25) is 0 Å². The highest BCUT2D eigenvalue weighted by Crippen LogP contribution is 2.34. The van der Waals surface area contributed by atoms with Crippen molar-refractivity contribution in [3.63, 3.8) is 0 Å². The summed E-state index contributed by atoms with van der Waals surface area (Å²) in [5.74, 6) is -3.63. The van der Waals surface area contributed by atoms with E-state index in [-0.39, 0.29) is 9.99 Å². The van der Waals surface area contributed by atoms with Crippen LogP contribution >= 0.6 is 0 Å². The van der Waals surface area contributed by atoms with Crippen LogP contribution in [-0.2, 0) is 15.0 Å². The molecule has 0 spiro atoms. The lowest BCUT2D eigenvalue weighted by Gasteiger charge is -2.22. The lowest BCUT2D eigenvalue weighted by Crippen LogP contribution is -2.26. The van der Waals surface area contributed by atoms with E-state index in [0.717, 1.165) is 7.11 Å². The van der Waals surface area contributed by atoms with Gasteiger partial charge < -0.3 is 15.5 Å². The summed E-state index contributed by atoms with van der Waals surface area (Å²) in [5.41, 5.74) is 4.82. The number of aromatic amines is 1. The summed E-state index contributed by atoms with van der Waals surface area (Å²) in [4.78, 5) is 14.2. The van der Waals surface area contributed by atoms with Crippen LogP contribution in [0.25, 0.3) is 10.9 Å². The number of nitrogens with two attached hydrogens (primary N) is 1. The van der Waals surface area contributed by atoms with Gasteiger partial charge in [-0.1, -0.05) is 0 Å². The summed E-state index contributed by atoms with van der Waals surface area (Å²) in [6.45, 7) is 0. The van der Waals surface area contributed by atoms with Crippen LogP contribution in [0.4, 0.5) is 25.8 Å². The van der Waals surface area contributed by atoms with Gasteiger partial charge in [0.1, 0.15) is 11.6 Å². The number of H-pyrrole nitrogens is 1. The number of carbonyl (C=O) groups is 1. The van der Waals surface area contributed by atoms with Gasteiger partial charge in [0.15, 0.2) is 0 Å². The molecule has 0 unspecified atom stereocenters. The lowest BCUT2D eigenvalue weighted by molar-refractivity contribution is 0.0595. The molecular weight excluding hydrogens is 384 g/mol. The van der Waals surface area contributed by atoms with E-state index in [9.17, 15) is 26.5 Å². The lowest BCUT2D eigenvalue weighted by atomic mass is 10.1. The first-order chi connectivity index (χ1) is 12.6.